The molecule has 108 valence electrons. The Bertz CT molecular complexity index is 830. The fourth-order valence-corrected chi connectivity index (χ4v) is 3.10. The highest BCUT2D eigenvalue weighted by Gasteiger charge is 2.07. The third-order valence-corrected chi connectivity index (χ3v) is 4.28. The summed E-state index contributed by atoms with van der Waals surface area (Å²) in [6.07, 6.45) is 0.986. The van der Waals surface area contributed by atoms with Crippen LogP contribution in [0.4, 0.5) is 5.69 Å². The smallest absolute Gasteiger partial charge is 0.224 e. The number of aromatic nitrogens is 1. The van der Waals surface area contributed by atoms with Gasteiger partial charge in [0.2, 0.25) is 5.91 Å². The number of nitrogens with zero attached hydrogens (tertiary/aromatic N) is 2. The summed E-state index contributed by atoms with van der Waals surface area (Å²) in [7, 11) is 0. The Kier molecular flexibility index (Phi) is 4.12. The molecule has 1 heterocycles. The number of fused-ring (bicyclic) bond motifs is 1. The zero-order valence-corrected chi connectivity index (χ0v) is 12.6. The maximum absolute atomic E-state index is 12.0. The molecule has 22 heavy (non-hydrogen) atoms. The quantitative estimate of drug-likeness (QED) is 0.798. The van der Waals surface area contributed by atoms with Crippen LogP contribution in [0.25, 0.3) is 10.2 Å². The van der Waals surface area contributed by atoms with E-state index in [9.17, 15) is 4.79 Å². The monoisotopic (exact) mass is 307 g/mol. The molecule has 0 spiro atoms. The van der Waals surface area contributed by atoms with Gasteiger partial charge in [-0.25, -0.2) is 4.98 Å². The second-order valence-electron chi connectivity index (χ2n) is 4.82. The molecule has 0 radical (unpaired) electrons. The molecular weight excluding hydrogens is 294 g/mol. The Balaban J connectivity index is 1.61. The van der Waals surface area contributed by atoms with Crippen LogP contribution in [0.3, 0.4) is 0 Å². The number of benzene rings is 2. The molecule has 0 unspecified atom stereocenters. The second-order valence-corrected chi connectivity index (χ2v) is 5.93. The SMILES string of the molecule is N#Cc1cccc(NC(=O)CCc2nc3ccccc3s2)c1. The number of hydrogen-bond acceptors (Lipinski definition) is 4. The number of anilines is 1. The van der Waals surface area contributed by atoms with E-state index in [2.05, 4.69) is 16.4 Å². The normalized spacial score (nSPS) is 10.3. The highest BCUT2D eigenvalue weighted by atomic mass is 32.1. The number of hydrogen-bond donors (Lipinski definition) is 1. The lowest BCUT2D eigenvalue weighted by Crippen LogP contribution is -2.12. The standard InChI is InChI=1S/C17H13N3OS/c18-11-12-4-3-5-13(10-12)19-16(21)8-9-17-20-14-6-1-2-7-15(14)22-17/h1-7,10H,8-9H2,(H,19,21). The van der Waals surface area contributed by atoms with E-state index in [1.165, 1.54) is 0 Å². The second kappa shape index (κ2) is 6.37. The van der Waals surface area contributed by atoms with Crippen LogP contribution in [0, 0.1) is 11.3 Å². The first-order valence-corrected chi connectivity index (χ1v) is 7.71. The minimum atomic E-state index is -0.0747. The predicted octanol–water partition coefficient (Wildman–Crippen LogP) is 3.74. The molecule has 3 aromatic rings. The summed E-state index contributed by atoms with van der Waals surface area (Å²) >= 11 is 1.62. The molecule has 5 heteroatoms. The van der Waals surface area contributed by atoms with Gasteiger partial charge in [0.1, 0.15) is 0 Å². The topological polar surface area (TPSA) is 65.8 Å². The summed E-state index contributed by atoms with van der Waals surface area (Å²) in [4.78, 5) is 16.5. The lowest BCUT2D eigenvalue weighted by atomic mass is 10.2. The number of nitriles is 1. The van der Waals surface area contributed by atoms with Crippen molar-refractivity contribution in [2.24, 2.45) is 0 Å². The molecule has 0 aliphatic rings. The Morgan fingerprint density at radius 3 is 2.91 bits per heavy atom. The van der Waals surface area contributed by atoms with Crippen LogP contribution in [-0.4, -0.2) is 10.9 Å². The van der Waals surface area contributed by atoms with Gasteiger partial charge in [-0.05, 0) is 30.3 Å². The molecule has 0 atom stereocenters. The molecule has 1 amide bonds. The lowest BCUT2D eigenvalue weighted by Gasteiger charge is -2.04. The first-order chi connectivity index (χ1) is 10.7. The molecule has 2 aromatic carbocycles. The van der Waals surface area contributed by atoms with Gasteiger partial charge < -0.3 is 5.32 Å². The van der Waals surface area contributed by atoms with E-state index in [0.29, 0.717) is 24.1 Å². The minimum absolute atomic E-state index is 0.0747. The van der Waals surface area contributed by atoms with Crippen molar-refractivity contribution in [3.05, 3.63) is 59.1 Å². The van der Waals surface area contributed by atoms with Crippen molar-refractivity contribution in [2.75, 3.05) is 5.32 Å². The fraction of sp³-hybridized carbons (Fsp3) is 0.118. The van der Waals surface area contributed by atoms with E-state index in [4.69, 9.17) is 5.26 Å². The van der Waals surface area contributed by atoms with Gasteiger partial charge >= 0.3 is 0 Å². The number of thiazole rings is 1. The maximum atomic E-state index is 12.0. The van der Waals surface area contributed by atoms with Crippen molar-refractivity contribution >= 4 is 33.1 Å². The molecule has 4 nitrogen and oxygen atoms in total. The van der Waals surface area contributed by atoms with Crippen LogP contribution < -0.4 is 5.32 Å². The van der Waals surface area contributed by atoms with Crippen molar-refractivity contribution in [3.8, 4) is 6.07 Å². The summed E-state index contributed by atoms with van der Waals surface area (Å²) in [5.41, 5.74) is 2.15. The Labute approximate surface area is 132 Å². The van der Waals surface area contributed by atoms with Crippen molar-refractivity contribution in [2.45, 2.75) is 12.8 Å². The average Bonchev–Trinajstić information content (AvgIpc) is 2.96. The summed E-state index contributed by atoms with van der Waals surface area (Å²) in [5, 5.41) is 12.6. The summed E-state index contributed by atoms with van der Waals surface area (Å²) < 4.78 is 1.14. The van der Waals surface area contributed by atoms with Gasteiger partial charge in [-0.1, -0.05) is 18.2 Å². The van der Waals surface area contributed by atoms with Crippen molar-refractivity contribution in [1.29, 1.82) is 5.26 Å². The van der Waals surface area contributed by atoms with Crippen molar-refractivity contribution in [3.63, 3.8) is 0 Å². The third-order valence-electron chi connectivity index (χ3n) is 3.18. The molecule has 1 aromatic heterocycles. The molecule has 0 bridgehead atoms. The molecule has 3 rings (SSSR count). The van der Waals surface area contributed by atoms with Crippen LogP contribution >= 0.6 is 11.3 Å². The Hall–Kier alpha value is -2.71. The maximum Gasteiger partial charge on any atom is 0.224 e. The third kappa shape index (κ3) is 3.30. The number of aryl methyl sites for hydroxylation is 1. The largest absolute Gasteiger partial charge is 0.326 e. The summed E-state index contributed by atoms with van der Waals surface area (Å²) in [5.74, 6) is -0.0747. The summed E-state index contributed by atoms with van der Waals surface area (Å²) in [6.45, 7) is 0. The van der Waals surface area contributed by atoms with E-state index in [0.717, 1.165) is 15.2 Å². The highest BCUT2D eigenvalue weighted by molar-refractivity contribution is 7.18. The first kappa shape index (κ1) is 14.2. The van der Waals surface area contributed by atoms with Crippen LogP contribution in [-0.2, 0) is 11.2 Å². The van der Waals surface area contributed by atoms with Gasteiger partial charge in [-0.15, -0.1) is 11.3 Å². The molecule has 1 N–H and O–H groups in total. The lowest BCUT2D eigenvalue weighted by molar-refractivity contribution is -0.116. The average molecular weight is 307 g/mol. The summed E-state index contributed by atoms with van der Waals surface area (Å²) in [6, 6.07) is 16.9. The fourth-order valence-electron chi connectivity index (χ4n) is 2.14. The number of amides is 1. The molecule has 0 aliphatic carbocycles. The van der Waals surface area contributed by atoms with E-state index in [-0.39, 0.29) is 5.91 Å². The van der Waals surface area contributed by atoms with Crippen molar-refractivity contribution < 1.29 is 4.79 Å². The first-order valence-electron chi connectivity index (χ1n) is 6.89. The van der Waals surface area contributed by atoms with Gasteiger partial charge in [0.25, 0.3) is 0 Å². The molecule has 0 aliphatic heterocycles. The number of rotatable bonds is 4. The molecule has 0 saturated heterocycles. The van der Waals surface area contributed by atoms with Gasteiger partial charge in [-0.3, -0.25) is 4.79 Å². The van der Waals surface area contributed by atoms with E-state index in [1.807, 2.05) is 24.3 Å². The van der Waals surface area contributed by atoms with Crippen LogP contribution in [0.1, 0.15) is 17.0 Å². The van der Waals surface area contributed by atoms with Crippen molar-refractivity contribution in [1.82, 2.24) is 4.98 Å². The van der Waals surface area contributed by atoms with Crippen LogP contribution in [0.15, 0.2) is 48.5 Å². The number of nitrogens with one attached hydrogen (secondary N) is 1. The van der Waals surface area contributed by atoms with Gasteiger partial charge in [0.05, 0.1) is 26.9 Å². The zero-order chi connectivity index (χ0) is 15.4. The van der Waals surface area contributed by atoms with Gasteiger partial charge in [-0.2, -0.15) is 5.26 Å². The minimum Gasteiger partial charge on any atom is -0.326 e. The molecular formula is C17H13N3OS. The van der Waals surface area contributed by atoms with Gasteiger partial charge in [0.15, 0.2) is 0 Å². The van der Waals surface area contributed by atoms with E-state index in [1.54, 1.807) is 35.6 Å². The van der Waals surface area contributed by atoms with Gasteiger partial charge in [0, 0.05) is 18.5 Å². The zero-order valence-electron chi connectivity index (χ0n) is 11.7. The Morgan fingerprint density at radius 1 is 1.23 bits per heavy atom. The van der Waals surface area contributed by atoms with E-state index >= 15 is 0 Å². The number of carbonyl (C=O) groups is 1. The van der Waals surface area contributed by atoms with Crippen LogP contribution in [0.2, 0.25) is 0 Å². The van der Waals surface area contributed by atoms with Crippen LogP contribution in [0.5, 0.6) is 0 Å². The van der Waals surface area contributed by atoms with E-state index < -0.39 is 0 Å². The highest BCUT2D eigenvalue weighted by Crippen LogP contribution is 2.22. The predicted molar refractivity (Wildman–Crippen MR) is 87.7 cm³/mol. The molecule has 0 fully saturated rings. The number of carbonyl (C=O) groups excluding carboxylic acids is 1. The Morgan fingerprint density at radius 2 is 2.09 bits per heavy atom. The number of para-hydroxylation sites is 1. The molecule has 0 saturated carbocycles.